The number of hydrogen-bond donors (Lipinski definition) is 2. The number of hydrogen-bond acceptors (Lipinski definition) is 2. The van der Waals surface area contributed by atoms with E-state index in [0.29, 0.717) is 18.4 Å². The van der Waals surface area contributed by atoms with E-state index in [1.807, 2.05) is 6.08 Å². The summed E-state index contributed by atoms with van der Waals surface area (Å²) in [6, 6.07) is 0. The van der Waals surface area contributed by atoms with Crippen molar-refractivity contribution in [3.63, 3.8) is 0 Å². The first-order chi connectivity index (χ1) is 8.78. The van der Waals surface area contributed by atoms with E-state index in [2.05, 4.69) is 13.8 Å². The molecule has 4 heteroatoms. The molecule has 3 rings (SSSR count). The molecule has 0 amide bonds. The van der Waals surface area contributed by atoms with Crippen molar-refractivity contribution in [1.82, 2.24) is 0 Å². The first-order valence-corrected chi connectivity index (χ1v) is 6.96. The van der Waals surface area contributed by atoms with Gasteiger partial charge in [0.1, 0.15) is 0 Å². The summed E-state index contributed by atoms with van der Waals surface area (Å²) in [6.07, 6.45) is 4.94. The Morgan fingerprint density at radius 1 is 1.26 bits per heavy atom. The molecule has 19 heavy (non-hydrogen) atoms. The topological polar surface area (TPSA) is 74.6 Å². The molecule has 0 unspecified atom stereocenters. The van der Waals surface area contributed by atoms with Crippen LogP contribution in [0, 0.1) is 28.6 Å². The molecule has 2 fully saturated rings. The van der Waals surface area contributed by atoms with Gasteiger partial charge in [-0.05, 0) is 48.3 Å². The molecule has 0 radical (unpaired) electrons. The number of carbonyl (C=O) groups is 2. The second-order valence-electron chi connectivity index (χ2n) is 7.21. The van der Waals surface area contributed by atoms with Gasteiger partial charge in [0.15, 0.2) is 0 Å². The Balaban J connectivity index is 2.08. The third-order valence-corrected chi connectivity index (χ3v) is 5.59. The Kier molecular flexibility index (Phi) is 2.42. The third kappa shape index (κ3) is 1.52. The summed E-state index contributed by atoms with van der Waals surface area (Å²) in [4.78, 5) is 23.0. The molecule has 1 spiro atoms. The van der Waals surface area contributed by atoms with Gasteiger partial charge in [0.05, 0.1) is 5.92 Å². The highest BCUT2D eigenvalue weighted by Crippen LogP contribution is 2.70. The van der Waals surface area contributed by atoms with E-state index in [1.54, 1.807) is 0 Å². The number of rotatable bonds is 2. The molecular weight excluding hydrogens is 244 g/mol. The second kappa shape index (κ2) is 3.62. The molecule has 3 aliphatic rings. The summed E-state index contributed by atoms with van der Waals surface area (Å²) >= 11 is 0. The predicted molar refractivity (Wildman–Crippen MR) is 68.5 cm³/mol. The molecular formula is C15H20O4. The van der Waals surface area contributed by atoms with Crippen molar-refractivity contribution < 1.29 is 19.8 Å². The van der Waals surface area contributed by atoms with Crippen LogP contribution >= 0.6 is 0 Å². The van der Waals surface area contributed by atoms with Crippen molar-refractivity contribution in [2.75, 3.05) is 0 Å². The highest BCUT2D eigenvalue weighted by atomic mass is 16.4. The fourth-order valence-electron chi connectivity index (χ4n) is 5.26. The minimum absolute atomic E-state index is 0.0575. The maximum Gasteiger partial charge on any atom is 0.331 e. The molecule has 0 aliphatic heterocycles. The lowest BCUT2D eigenvalue weighted by Gasteiger charge is -2.36. The average Bonchev–Trinajstić information content (AvgIpc) is 2.80. The fraction of sp³-hybridized carbons (Fsp3) is 0.733. The Morgan fingerprint density at radius 2 is 1.95 bits per heavy atom. The standard InChI is InChI=1S/C15H20O4/c1-14(2)6-8-5-9(12(16)17)10-3-4-11(13(18)19)15(8,10)7-14/h5,8,10-11H,3-4,6-7H2,1-2H3,(H,16,17)(H,18,19)/t8-,10+,11+,15-/m1/s1. The minimum atomic E-state index is -0.859. The third-order valence-electron chi connectivity index (χ3n) is 5.59. The maximum absolute atomic E-state index is 11.6. The Hall–Kier alpha value is -1.32. The van der Waals surface area contributed by atoms with E-state index in [0.717, 1.165) is 12.8 Å². The minimum Gasteiger partial charge on any atom is -0.481 e. The number of carboxylic acid groups (broad SMARTS) is 2. The zero-order valence-corrected chi connectivity index (χ0v) is 11.3. The van der Waals surface area contributed by atoms with Gasteiger partial charge in [-0.25, -0.2) is 4.79 Å². The van der Waals surface area contributed by atoms with Gasteiger partial charge in [-0.3, -0.25) is 4.79 Å². The van der Waals surface area contributed by atoms with Gasteiger partial charge in [-0.1, -0.05) is 19.9 Å². The van der Waals surface area contributed by atoms with Gasteiger partial charge in [0.2, 0.25) is 0 Å². The molecule has 0 aromatic heterocycles. The van der Waals surface area contributed by atoms with Crippen LogP contribution < -0.4 is 0 Å². The predicted octanol–water partition coefficient (Wildman–Crippen LogP) is 2.54. The summed E-state index contributed by atoms with van der Waals surface area (Å²) in [5, 5.41) is 18.9. The summed E-state index contributed by atoms with van der Waals surface area (Å²) in [6.45, 7) is 4.34. The van der Waals surface area contributed by atoms with E-state index in [9.17, 15) is 19.8 Å². The number of allylic oxidation sites excluding steroid dienone is 1. The van der Waals surface area contributed by atoms with Gasteiger partial charge in [0.25, 0.3) is 0 Å². The quantitative estimate of drug-likeness (QED) is 0.803. The molecule has 0 aromatic rings. The van der Waals surface area contributed by atoms with Crippen LogP contribution in [0.15, 0.2) is 11.6 Å². The average molecular weight is 264 g/mol. The molecule has 104 valence electrons. The van der Waals surface area contributed by atoms with Crippen molar-refractivity contribution in [1.29, 1.82) is 0 Å². The first-order valence-electron chi connectivity index (χ1n) is 6.96. The molecule has 2 saturated carbocycles. The lowest BCUT2D eigenvalue weighted by atomic mass is 9.67. The van der Waals surface area contributed by atoms with E-state index >= 15 is 0 Å². The van der Waals surface area contributed by atoms with E-state index in [4.69, 9.17) is 0 Å². The maximum atomic E-state index is 11.6. The molecule has 2 N–H and O–H groups in total. The summed E-state index contributed by atoms with van der Waals surface area (Å²) in [5.74, 6) is -1.91. The van der Waals surface area contributed by atoms with Crippen molar-refractivity contribution in [2.45, 2.75) is 39.5 Å². The molecule has 0 aromatic carbocycles. The van der Waals surface area contributed by atoms with Crippen LogP contribution in [0.5, 0.6) is 0 Å². The Morgan fingerprint density at radius 3 is 2.53 bits per heavy atom. The first kappa shape index (κ1) is 12.7. The molecule has 3 aliphatic carbocycles. The van der Waals surface area contributed by atoms with Gasteiger partial charge in [-0.15, -0.1) is 0 Å². The zero-order valence-electron chi connectivity index (χ0n) is 11.3. The van der Waals surface area contributed by atoms with Crippen LogP contribution in [-0.4, -0.2) is 22.2 Å². The lowest BCUT2D eigenvalue weighted by molar-refractivity contribution is -0.147. The van der Waals surface area contributed by atoms with Gasteiger partial charge < -0.3 is 10.2 Å². The number of carboxylic acids is 2. The molecule has 0 heterocycles. The van der Waals surface area contributed by atoms with Crippen LogP contribution in [0.2, 0.25) is 0 Å². The van der Waals surface area contributed by atoms with E-state index in [-0.39, 0.29) is 28.6 Å². The summed E-state index contributed by atoms with van der Waals surface area (Å²) < 4.78 is 0. The van der Waals surface area contributed by atoms with Crippen LogP contribution in [0.3, 0.4) is 0 Å². The highest BCUT2D eigenvalue weighted by Gasteiger charge is 2.66. The molecule has 4 nitrogen and oxygen atoms in total. The Bertz CT molecular complexity index is 490. The van der Waals surface area contributed by atoms with Crippen LogP contribution in [0.1, 0.15) is 39.5 Å². The van der Waals surface area contributed by atoms with Crippen molar-refractivity contribution in [3.05, 3.63) is 11.6 Å². The molecule has 4 atom stereocenters. The lowest BCUT2D eigenvalue weighted by Crippen LogP contribution is -2.37. The monoisotopic (exact) mass is 264 g/mol. The van der Waals surface area contributed by atoms with Crippen molar-refractivity contribution in [3.8, 4) is 0 Å². The summed E-state index contributed by atoms with van der Waals surface area (Å²) in [5.41, 5.74) is 0.258. The van der Waals surface area contributed by atoms with Crippen LogP contribution in [0.25, 0.3) is 0 Å². The largest absolute Gasteiger partial charge is 0.481 e. The highest BCUT2D eigenvalue weighted by molar-refractivity contribution is 5.89. The van der Waals surface area contributed by atoms with Gasteiger partial charge in [0, 0.05) is 5.57 Å². The molecule has 0 bridgehead atoms. The van der Waals surface area contributed by atoms with Gasteiger partial charge in [-0.2, -0.15) is 0 Å². The Labute approximate surface area is 112 Å². The SMILES string of the molecule is CC1(C)C[C@H]2C=C(C(=O)O)[C@@H]3CC[C@@H](C(=O)O)[C@]23C1. The van der Waals surface area contributed by atoms with Crippen LogP contribution in [-0.2, 0) is 9.59 Å². The van der Waals surface area contributed by atoms with E-state index in [1.165, 1.54) is 0 Å². The number of aliphatic carboxylic acids is 2. The zero-order chi connectivity index (χ0) is 14.0. The van der Waals surface area contributed by atoms with E-state index < -0.39 is 11.9 Å². The van der Waals surface area contributed by atoms with Crippen molar-refractivity contribution in [2.24, 2.45) is 28.6 Å². The molecule has 0 saturated heterocycles. The fourth-order valence-corrected chi connectivity index (χ4v) is 5.26. The van der Waals surface area contributed by atoms with Gasteiger partial charge >= 0.3 is 11.9 Å². The smallest absolute Gasteiger partial charge is 0.331 e. The normalized spacial score (nSPS) is 42.6. The summed E-state index contributed by atoms with van der Waals surface area (Å²) in [7, 11) is 0. The van der Waals surface area contributed by atoms with Crippen LogP contribution in [0.4, 0.5) is 0 Å². The van der Waals surface area contributed by atoms with Crippen molar-refractivity contribution >= 4 is 11.9 Å². The second-order valence-corrected chi connectivity index (χ2v) is 7.21.